The van der Waals surface area contributed by atoms with E-state index < -0.39 is 16.1 Å². The smallest absolute Gasteiger partial charge is 0.0647 e. The molecule has 1 atom stereocenters. The Kier molecular flexibility index (Phi) is 3.94. The van der Waals surface area contributed by atoms with Gasteiger partial charge < -0.3 is 0 Å². The molecule has 0 fully saturated rings. The van der Waals surface area contributed by atoms with Crippen LogP contribution in [0.2, 0.25) is 39.3 Å². The van der Waals surface area contributed by atoms with Gasteiger partial charge in [-0.25, -0.2) is 4.20 Å². The number of hydrogen-bond acceptors (Lipinski definition) is 0. The molecule has 0 aromatic heterocycles. The topological polar surface area (TPSA) is 0 Å². The van der Waals surface area contributed by atoms with Crippen LogP contribution in [0.3, 0.4) is 0 Å². The fourth-order valence-electron chi connectivity index (χ4n) is 1.63. The third kappa shape index (κ3) is 3.81. The summed E-state index contributed by atoms with van der Waals surface area (Å²) in [6.07, 6.45) is 0. The predicted molar refractivity (Wildman–Crippen MR) is 59.9 cm³/mol. The highest BCUT2D eigenvalue weighted by Gasteiger charge is 2.37. The van der Waals surface area contributed by atoms with Crippen LogP contribution in [-0.2, 0) is 0 Å². The molecule has 0 saturated heterocycles. The van der Waals surface area contributed by atoms with Gasteiger partial charge in [0.25, 0.3) is 0 Å². The van der Waals surface area contributed by atoms with E-state index in [4.69, 9.17) is 0 Å². The second-order valence-corrected chi connectivity index (χ2v) is 18.4. The number of hydrogen-bond donors (Lipinski definition) is 0. The van der Waals surface area contributed by atoms with Crippen molar-refractivity contribution in [2.45, 2.75) is 44.2 Å². The fourth-order valence-corrected chi connectivity index (χ4v) is 14.6. The van der Waals surface area contributed by atoms with Crippen molar-refractivity contribution in [3.8, 4) is 0 Å². The Labute approximate surface area is 73.9 Å². The Morgan fingerprint density at radius 1 is 0.909 bits per heavy atom. The number of halogens is 1. The summed E-state index contributed by atoms with van der Waals surface area (Å²) < 4.78 is 12.7. The van der Waals surface area contributed by atoms with Gasteiger partial charge in [0.15, 0.2) is 0 Å². The molecule has 0 heterocycles. The molecule has 0 rings (SSSR count). The first-order chi connectivity index (χ1) is 4.69. The lowest BCUT2D eigenvalue weighted by atomic mass is 11.7. The van der Waals surface area contributed by atoms with Gasteiger partial charge in [-0.15, -0.1) is 0 Å². The van der Waals surface area contributed by atoms with Gasteiger partial charge in [0.05, 0.1) is 25.0 Å². The summed E-state index contributed by atoms with van der Waals surface area (Å²) in [6.45, 7) is 13.7. The molecule has 0 bridgehead atoms. The van der Waals surface area contributed by atoms with Crippen LogP contribution in [0.5, 0.6) is 0 Å². The molecular formula is C7H20FPSi2. The Balaban J connectivity index is 4.43. The van der Waals surface area contributed by atoms with Gasteiger partial charge in [-0.05, 0) is 4.91 Å². The van der Waals surface area contributed by atoms with Crippen molar-refractivity contribution in [3.63, 3.8) is 0 Å². The molecule has 0 saturated carbocycles. The summed E-state index contributed by atoms with van der Waals surface area (Å²) >= 11 is 0. The van der Waals surface area contributed by atoms with Crippen LogP contribution < -0.4 is 0 Å². The van der Waals surface area contributed by atoms with Gasteiger partial charge in [0.1, 0.15) is 0 Å². The molecule has 0 aliphatic heterocycles. The summed E-state index contributed by atoms with van der Waals surface area (Å²) in [5.41, 5.74) is 0. The molecule has 0 aromatic carbocycles. The van der Waals surface area contributed by atoms with Crippen molar-refractivity contribution in [1.29, 1.82) is 0 Å². The monoisotopic (exact) mass is 210 g/mol. The minimum atomic E-state index is -1.22. The highest BCUT2D eigenvalue weighted by atomic mass is 31.1. The first-order valence-electron chi connectivity index (χ1n) is 4.06. The normalized spacial score (nSPS) is 15.3. The van der Waals surface area contributed by atoms with Crippen LogP contribution in [0.25, 0.3) is 0 Å². The van der Waals surface area contributed by atoms with E-state index >= 15 is 0 Å². The molecule has 0 aromatic rings. The maximum absolute atomic E-state index is 12.7. The molecule has 4 heteroatoms. The molecule has 0 aliphatic carbocycles. The molecule has 0 aliphatic rings. The molecule has 0 spiro atoms. The SMILES string of the molecule is C[Si](C)(C)C(PF)[Si](C)(C)C. The van der Waals surface area contributed by atoms with E-state index in [-0.39, 0.29) is 8.89 Å². The second kappa shape index (κ2) is 3.67. The third-order valence-electron chi connectivity index (χ3n) is 1.84. The average molecular weight is 210 g/mol. The van der Waals surface area contributed by atoms with Gasteiger partial charge >= 0.3 is 0 Å². The Bertz CT molecular complexity index is 111. The lowest BCUT2D eigenvalue weighted by Crippen LogP contribution is -2.50. The first-order valence-corrected chi connectivity index (χ1v) is 12.2. The van der Waals surface area contributed by atoms with Crippen LogP contribution in [0.4, 0.5) is 4.20 Å². The van der Waals surface area contributed by atoms with E-state index in [1.54, 1.807) is 0 Å². The standard InChI is InChI=1S/C7H20FPSi2/c1-10(2,3)7(9-8)11(4,5)6/h7,9H,1-6H3. The van der Waals surface area contributed by atoms with E-state index in [0.29, 0.717) is 4.91 Å². The van der Waals surface area contributed by atoms with E-state index in [2.05, 4.69) is 39.3 Å². The van der Waals surface area contributed by atoms with Crippen LogP contribution in [-0.4, -0.2) is 21.1 Å². The predicted octanol–water partition coefficient (Wildman–Crippen LogP) is 3.67. The maximum Gasteiger partial charge on any atom is 0.0647 e. The minimum Gasteiger partial charge on any atom is -0.231 e. The quantitative estimate of drug-likeness (QED) is 0.492. The van der Waals surface area contributed by atoms with Crippen LogP contribution >= 0.6 is 8.89 Å². The van der Waals surface area contributed by atoms with Crippen LogP contribution in [0, 0.1) is 0 Å². The largest absolute Gasteiger partial charge is 0.231 e. The molecule has 0 radical (unpaired) electrons. The van der Waals surface area contributed by atoms with Gasteiger partial charge in [0, 0.05) is 0 Å². The van der Waals surface area contributed by atoms with Crippen molar-refractivity contribution in [1.82, 2.24) is 0 Å². The highest BCUT2D eigenvalue weighted by molar-refractivity contribution is 7.44. The van der Waals surface area contributed by atoms with Crippen molar-refractivity contribution in [2.75, 3.05) is 0 Å². The average Bonchev–Trinajstić information content (AvgIpc) is 1.56. The van der Waals surface area contributed by atoms with E-state index in [1.807, 2.05) is 0 Å². The maximum atomic E-state index is 12.7. The fraction of sp³-hybridized carbons (Fsp3) is 1.00. The van der Waals surface area contributed by atoms with Crippen LogP contribution in [0.1, 0.15) is 0 Å². The molecule has 11 heavy (non-hydrogen) atoms. The molecule has 0 amide bonds. The Hall–Kier alpha value is 0.794. The Morgan fingerprint density at radius 3 is 1.18 bits per heavy atom. The lowest BCUT2D eigenvalue weighted by molar-refractivity contribution is 0.915. The third-order valence-corrected chi connectivity index (χ3v) is 16.6. The molecular weight excluding hydrogens is 190 g/mol. The highest BCUT2D eigenvalue weighted by Crippen LogP contribution is 2.35. The zero-order valence-corrected chi connectivity index (χ0v) is 11.5. The van der Waals surface area contributed by atoms with E-state index in [0.717, 1.165) is 0 Å². The molecule has 0 N–H and O–H groups in total. The summed E-state index contributed by atoms with van der Waals surface area (Å²) in [5, 5.41) is 0. The molecule has 0 nitrogen and oxygen atoms in total. The minimum absolute atomic E-state index is 0.325. The van der Waals surface area contributed by atoms with E-state index in [1.165, 1.54) is 0 Å². The Morgan fingerprint density at radius 2 is 1.18 bits per heavy atom. The second-order valence-electron chi connectivity index (χ2n) is 5.27. The van der Waals surface area contributed by atoms with Crippen molar-refractivity contribution >= 4 is 25.0 Å². The lowest BCUT2D eigenvalue weighted by Gasteiger charge is -2.35. The summed E-state index contributed by atoms with van der Waals surface area (Å²) in [5.74, 6) is 0. The molecule has 68 valence electrons. The zero-order chi connectivity index (χ0) is 9.28. The van der Waals surface area contributed by atoms with Gasteiger partial charge in [0.2, 0.25) is 0 Å². The zero-order valence-electron chi connectivity index (χ0n) is 8.46. The van der Waals surface area contributed by atoms with Crippen LogP contribution in [0.15, 0.2) is 0 Å². The molecule has 1 unspecified atom stereocenters. The summed E-state index contributed by atoms with van der Waals surface area (Å²) in [4.78, 5) is 0.454. The number of rotatable bonds is 3. The summed E-state index contributed by atoms with van der Waals surface area (Å²) in [6, 6.07) is 0. The first kappa shape index (κ1) is 11.8. The van der Waals surface area contributed by atoms with Gasteiger partial charge in [-0.1, -0.05) is 39.3 Å². The van der Waals surface area contributed by atoms with Gasteiger partial charge in [-0.3, -0.25) is 0 Å². The van der Waals surface area contributed by atoms with Crippen molar-refractivity contribution < 1.29 is 4.20 Å². The van der Waals surface area contributed by atoms with Gasteiger partial charge in [-0.2, -0.15) is 0 Å². The van der Waals surface area contributed by atoms with Crippen molar-refractivity contribution in [2.24, 2.45) is 0 Å². The summed E-state index contributed by atoms with van der Waals surface area (Å²) in [7, 11) is -2.77. The van der Waals surface area contributed by atoms with E-state index in [9.17, 15) is 4.20 Å². The van der Waals surface area contributed by atoms with Crippen molar-refractivity contribution in [3.05, 3.63) is 0 Å².